The normalized spacial score (nSPS) is 13.7. The van der Waals surface area contributed by atoms with Crippen LogP contribution in [0, 0.1) is 0 Å². The van der Waals surface area contributed by atoms with E-state index < -0.39 is 37.4 Å². The Labute approximate surface area is 112 Å². The lowest BCUT2D eigenvalue weighted by Gasteiger charge is -2.32. The average Bonchev–Trinajstić information content (AvgIpc) is 2.28. The fraction of sp³-hybridized carbons (Fsp3) is 1.00. The highest BCUT2D eigenvalue weighted by molar-refractivity contribution is 4.96. The molecule has 0 fully saturated rings. The third kappa shape index (κ3) is 5.49. The lowest BCUT2D eigenvalue weighted by atomic mass is 10.1. The minimum absolute atomic E-state index is 0.0312. The number of halogens is 10. The van der Waals surface area contributed by atoms with E-state index in [1.54, 1.807) is 0 Å². The van der Waals surface area contributed by atoms with Gasteiger partial charge in [-0.05, 0) is 13.3 Å². The molecule has 0 rings (SSSR count). The zero-order valence-electron chi connectivity index (χ0n) is 10.5. The standard InChI is InChI=1S/C6H5F9O.C3H7FO/c1-2-16-6(14,15)4(9,10)3(7,8)5(11,12)13;4-2-1-3-5/h2H2,1H3;5H,1-3H2. The summed E-state index contributed by atoms with van der Waals surface area (Å²) in [7, 11) is 0. The minimum Gasteiger partial charge on any atom is -0.396 e. The smallest absolute Gasteiger partial charge is 0.396 e. The average molecular weight is 342 g/mol. The van der Waals surface area contributed by atoms with Crippen molar-refractivity contribution >= 4 is 0 Å². The number of aliphatic hydroxyl groups is 1. The second-order valence-corrected chi connectivity index (χ2v) is 3.36. The van der Waals surface area contributed by atoms with E-state index in [2.05, 4.69) is 4.74 Å². The Hall–Kier alpha value is -0.780. The molecule has 0 heterocycles. The molecule has 0 bridgehead atoms. The van der Waals surface area contributed by atoms with Gasteiger partial charge in [0.25, 0.3) is 0 Å². The second kappa shape index (κ2) is 8.01. The summed E-state index contributed by atoms with van der Waals surface area (Å²) in [6, 6.07) is 0. The molecule has 0 aliphatic carbocycles. The molecule has 2 nitrogen and oxygen atoms in total. The van der Waals surface area contributed by atoms with Crippen LogP contribution in [0.15, 0.2) is 0 Å². The lowest BCUT2D eigenvalue weighted by molar-refractivity contribution is -0.443. The molecule has 0 atom stereocenters. The van der Waals surface area contributed by atoms with Gasteiger partial charge in [0.05, 0.1) is 13.3 Å². The molecular formula is C9H12F10O2. The predicted molar refractivity (Wildman–Crippen MR) is 50.2 cm³/mol. The number of rotatable bonds is 6. The van der Waals surface area contributed by atoms with Crippen molar-refractivity contribution in [2.24, 2.45) is 0 Å². The van der Waals surface area contributed by atoms with Gasteiger partial charge in [-0.3, -0.25) is 4.39 Å². The highest BCUT2D eigenvalue weighted by Gasteiger charge is 2.82. The molecule has 1 N–H and O–H groups in total. The SMILES string of the molecule is CCOC(F)(F)C(F)(F)C(F)(F)C(F)(F)F.OCCCF. The van der Waals surface area contributed by atoms with Gasteiger partial charge in [0.1, 0.15) is 0 Å². The molecule has 0 amide bonds. The Morgan fingerprint density at radius 3 is 1.48 bits per heavy atom. The first-order valence-electron chi connectivity index (χ1n) is 5.23. The third-order valence-corrected chi connectivity index (χ3v) is 1.73. The summed E-state index contributed by atoms with van der Waals surface area (Å²) in [4.78, 5) is 0. The topological polar surface area (TPSA) is 29.5 Å². The van der Waals surface area contributed by atoms with Crippen molar-refractivity contribution in [1.82, 2.24) is 0 Å². The van der Waals surface area contributed by atoms with Crippen molar-refractivity contribution in [2.45, 2.75) is 37.5 Å². The lowest BCUT2D eigenvalue weighted by Crippen LogP contribution is -2.61. The predicted octanol–water partition coefficient (Wildman–Crippen LogP) is 3.79. The van der Waals surface area contributed by atoms with Crippen LogP contribution in [0.25, 0.3) is 0 Å². The van der Waals surface area contributed by atoms with Crippen molar-refractivity contribution in [3.8, 4) is 0 Å². The molecule has 21 heavy (non-hydrogen) atoms. The largest absolute Gasteiger partial charge is 0.460 e. The van der Waals surface area contributed by atoms with Crippen molar-refractivity contribution in [1.29, 1.82) is 0 Å². The molecule has 0 spiro atoms. The Morgan fingerprint density at radius 1 is 0.857 bits per heavy atom. The molecule has 0 radical (unpaired) electrons. The van der Waals surface area contributed by atoms with E-state index in [1.165, 1.54) is 0 Å². The van der Waals surface area contributed by atoms with Crippen LogP contribution in [0.5, 0.6) is 0 Å². The van der Waals surface area contributed by atoms with Gasteiger partial charge >= 0.3 is 24.1 Å². The van der Waals surface area contributed by atoms with Gasteiger partial charge in [0, 0.05) is 6.61 Å². The summed E-state index contributed by atoms with van der Waals surface area (Å²) < 4.78 is 122. The summed E-state index contributed by atoms with van der Waals surface area (Å²) >= 11 is 0. The van der Waals surface area contributed by atoms with Crippen LogP contribution in [-0.4, -0.2) is 49.1 Å². The van der Waals surface area contributed by atoms with E-state index in [-0.39, 0.29) is 13.0 Å². The zero-order chi connectivity index (χ0) is 17.5. The summed E-state index contributed by atoms with van der Waals surface area (Å²) in [6.45, 7) is -0.862. The first kappa shape index (κ1) is 22.5. The first-order chi connectivity index (χ1) is 9.22. The van der Waals surface area contributed by atoms with E-state index in [9.17, 15) is 43.9 Å². The van der Waals surface area contributed by atoms with Gasteiger partial charge < -0.3 is 9.84 Å². The molecule has 0 aromatic heterocycles. The number of hydrogen-bond donors (Lipinski definition) is 1. The second-order valence-electron chi connectivity index (χ2n) is 3.36. The van der Waals surface area contributed by atoms with Crippen molar-refractivity contribution in [3.05, 3.63) is 0 Å². The Morgan fingerprint density at radius 2 is 1.29 bits per heavy atom. The maximum atomic E-state index is 12.3. The first-order valence-corrected chi connectivity index (χ1v) is 5.23. The van der Waals surface area contributed by atoms with Gasteiger partial charge in [0.2, 0.25) is 0 Å². The van der Waals surface area contributed by atoms with Crippen LogP contribution in [0.1, 0.15) is 13.3 Å². The number of hydrogen-bond acceptors (Lipinski definition) is 2. The van der Waals surface area contributed by atoms with E-state index >= 15 is 0 Å². The van der Waals surface area contributed by atoms with Gasteiger partial charge in [0.15, 0.2) is 0 Å². The van der Waals surface area contributed by atoms with Crippen LogP contribution in [0.2, 0.25) is 0 Å². The van der Waals surface area contributed by atoms with E-state index in [4.69, 9.17) is 5.11 Å². The van der Waals surface area contributed by atoms with E-state index in [1.807, 2.05) is 0 Å². The Kier molecular flexibility index (Phi) is 8.58. The van der Waals surface area contributed by atoms with Crippen molar-refractivity contribution in [3.63, 3.8) is 0 Å². The fourth-order valence-corrected chi connectivity index (χ4v) is 0.692. The van der Waals surface area contributed by atoms with E-state index in [0.717, 1.165) is 6.92 Å². The highest BCUT2D eigenvalue weighted by Crippen LogP contribution is 2.53. The maximum Gasteiger partial charge on any atom is 0.460 e. The van der Waals surface area contributed by atoms with Crippen LogP contribution in [0.3, 0.4) is 0 Å². The minimum atomic E-state index is -6.89. The zero-order valence-corrected chi connectivity index (χ0v) is 10.5. The van der Waals surface area contributed by atoms with Crippen LogP contribution in [0.4, 0.5) is 43.9 Å². The monoisotopic (exact) mass is 342 g/mol. The molecule has 0 aromatic carbocycles. The molecule has 0 aromatic rings. The maximum absolute atomic E-state index is 12.3. The molecule has 130 valence electrons. The Balaban J connectivity index is 0. The van der Waals surface area contributed by atoms with Gasteiger partial charge in [-0.2, -0.15) is 39.5 Å². The van der Waals surface area contributed by atoms with E-state index in [0.29, 0.717) is 0 Å². The van der Waals surface area contributed by atoms with Crippen molar-refractivity contribution < 1.29 is 53.7 Å². The molecular weight excluding hydrogens is 330 g/mol. The molecule has 12 heteroatoms. The summed E-state index contributed by atoms with van der Waals surface area (Å²) in [5.74, 6) is -13.6. The molecule has 0 aliphatic heterocycles. The quantitative estimate of drug-likeness (QED) is 0.745. The molecule has 0 aliphatic rings. The fourth-order valence-electron chi connectivity index (χ4n) is 0.692. The van der Waals surface area contributed by atoms with Gasteiger partial charge in [-0.15, -0.1) is 0 Å². The third-order valence-electron chi connectivity index (χ3n) is 1.73. The number of aliphatic hydroxyl groups excluding tert-OH is 1. The van der Waals surface area contributed by atoms with Gasteiger partial charge in [-0.25, -0.2) is 0 Å². The summed E-state index contributed by atoms with van der Waals surface area (Å²) in [5, 5.41) is 7.83. The number of ether oxygens (including phenoxy) is 1. The van der Waals surface area contributed by atoms with Crippen LogP contribution >= 0.6 is 0 Å². The van der Waals surface area contributed by atoms with Crippen LogP contribution in [-0.2, 0) is 4.74 Å². The van der Waals surface area contributed by atoms with Gasteiger partial charge in [-0.1, -0.05) is 0 Å². The van der Waals surface area contributed by atoms with Crippen molar-refractivity contribution in [2.75, 3.05) is 19.9 Å². The summed E-state index contributed by atoms with van der Waals surface area (Å²) in [5.41, 5.74) is 0. The summed E-state index contributed by atoms with van der Waals surface area (Å²) in [6.07, 6.45) is -12.4. The molecule has 0 unspecified atom stereocenters. The molecule has 0 saturated heterocycles. The van der Waals surface area contributed by atoms with Crippen LogP contribution < -0.4 is 0 Å². The number of alkyl halides is 10. The molecule has 0 saturated carbocycles. The highest BCUT2D eigenvalue weighted by atomic mass is 19.4. The Bertz CT molecular complexity index is 287.